The van der Waals surface area contributed by atoms with Gasteiger partial charge in [-0.1, -0.05) is 18.2 Å². The Morgan fingerprint density at radius 3 is 2.48 bits per heavy atom. The summed E-state index contributed by atoms with van der Waals surface area (Å²) >= 11 is 0. The number of hydrogen-bond donors (Lipinski definition) is 2. The van der Waals surface area contributed by atoms with Crippen LogP contribution in [0.5, 0.6) is 17.2 Å². The van der Waals surface area contributed by atoms with Crippen molar-refractivity contribution in [2.24, 2.45) is 0 Å². The van der Waals surface area contributed by atoms with Gasteiger partial charge in [0.2, 0.25) is 0 Å². The van der Waals surface area contributed by atoms with Crippen LogP contribution in [0.25, 0.3) is 6.08 Å². The Bertz CT molecular complexity index is 819. The van der Waals surface area contributed by atoms with Gasteiger partial charge in [-0.15, -0.1) is 0 Å². The van der Waals surface area contributed by atoms with Crippen molar-refractivity contribution in [3.8, 4) is 23.3 Å². The van der Waals surface area contributed by atoms with Crippen molar-refractivity contribution in [3.63, 3.8) is 0 Å². The molecule has 2 rings (SSSR count). The van der Waals surface area contributed by atoms with Crippen LogP contribution in [-0.4, -0.2) is 29.9 Å². The monoisotopic (exact) mass is 339 g/mol. The third kappa shape index (κ3) is 5.01. The van der Waals surface area contributed by atoms with Crippen LogP contribution in [0.4, 0.5) is 0 Å². The van der Waals surface area contributed by atoms with Gasteiger partial charge >= 0.3 is 5.97 Å². The number of benzene rings is 2. The molecule has 0 aliphatic rings. The quantitative estimate of drug-likeness (QED) is 0.363. The number of nitrogens with zero attached hydrogens (tertiary/aromatic N) is 1. The van der Waals surface area contributed by atoms with Crippen molar-refractivity contribution in [1.29, 1.82) is 5.26 Å². The molecule has 2 aromatic rings. The molecule has 0 bridgehead atoms. The predicted molar refractivity (Wildman–Crippen MR) is 91.0 cm³/mol. The summed E-state index contributed by atoms with van der Waals surface area (Å²) < 4.78 is 10.2. The van der Waals surface area contributed by atoms with Crippen LogP contribution >= 0.6 is 0 Å². The molecule has 6 heteroatoms. The molecule has 0 spiro atoms. The fraction of sp³-hybridized carbons (Fsp3) is 0.158. The molecule has 128 valence electrons. The maximum atomic E-state index is 12.0. The number of ether oxygens (including phenoxy) is 2. The van der Waals surface area contributed by atoms with Crippen LogP contribution in [0, 0.1) is 11.3 Å². The highest BCUT2D eigenvalue weighted by atomic mass is 16.5. The van der Waals surface area contributed by atoms with Gasteiger partial charge in [-0.05, 0) is 41.5 Å². The Morgan fingerprint density at radius 2 is 1.88 bits per heavy atom. The topological polar surface area (TPSA) is 99.8 Å². The summed E-state index contributed by atoms with van der Waals surface area (Å²) in [5.74, 6) is -0.618. The molecule has 0 atom stereocenters. The SMILES string of the molecule is COc1ccc(CCOC(=O)C(C#N)=Cc2ccc(O)c(O)c2)cc1. The van der Waals surface area contributed by atoms with E-state index in [2.05, 4.69) is 0 Å². The fourth-order valence-corrected chi connectivity index (χ4v) is 2.07. The maximum absolute atomic E-state index is 12.0. The van der Waals surface area contributed by atoms with E-state index in [0.717, 1.165) is 11.3 Å². The second-order valence-electron chi connectivity index (χ2n) is 5.15. The third-order valence-electron chi connectivity index (χ3n) is 3.43. The number of aromatic hydroxyl groups is 2. The van der Waals surface area contributed by atoms with E-state index in [1.54, 1.807) is 13.2 Å². The number of rotatable bonds is 6. The second kappa shape index (κ2) is 8.41. The smallest absolute Gasteiger partial charge is 0.348 e. The Hall–Kier alpha value is -3.46. The largest absolute Gasteiger partial charge is 0.504 e. The molecule has 6 nitrogen and oxygen atoms in total. The normalized spacial score (nSPS) is 10.8. The van der Waals surface area contributed by atoms with E-state index in [9.17, 15) is 15.0 Å². The fourth-order valence-electron chi connectivity index (χ4n) is 2.07. The number of methoxy groups -OCH3 is 1. The number of phenolic OH excluding ortho intramolecular Hbond substituents is 2. The molecule has 25 heavy (non-hydrogen) atoms. The zero-order valence-electron chi connectivity index (χ0n) is 13.6. The Morgan fingerprint density at radius 1 is 1.16 bits per heavy atom. The van der Waals surface area contributed by atoms with Crippen molar-refractivity contribution in [2.75, 3.05) is 13.7 Å². The van der Waals surface area contributed by atoms with E-state index in [4.69, 9.17) is 14.7 Å². The van der Waals surface area contributed by atoms with E-state index >= 15 is 0 Å². The number of carbonyl (C=O) groups excluding carboxylic acids is 1. The van der Waals surface area contributed by atoms with Gasteiger partial charge < -0.3 is 19.7 Å². The van der Waals surface area contributed by atoms with Crippen LogP contribution in [-0.2, 0) is 16.0 Å². The predicted octanol–water partition coefficient (Wildman–Crippen LogP) is 2.80. The van der Waals surface area contributed by atoms with Crippen LogP contribution in [0.15, 0.2) is 48.0 Å². The highest BCUT2D eigenvalue weighted by molar-refractivity contribution is 5.97. The first-order valence-electron chi connectivity index (χ1n) is 7.47. The maximum Gasteiger partial charge on any atom is 0.348 e. The van der Waals surface area contributed by atoms with Crippen LogP contribution in [0.3, 0.4) is 0 Å². The number of nitriles is 1. The Kier molecular flexibility index (Phi) is 6.02. The van der Waals surface area contributed by atoms with E-state index in [-0.39, 0.29) is 23.7 Å². The average molecular weight is 339 g/mol. The highest BCUT2D eigenvalue weighted by Crippen LogP contribution is 2.26. The van der Waals surface area contributed by atoms with E-state index in [0.29, 0.717) is 12.0 Å². The molecular formula is C19H17NO5. The Balaban J connectivity index is 1.96. The van der Waals surface area contributed by atoms with Crippen molar-refractivity contribution in [3.05, 3.63) is 59.2 Å². The summed E-state index contributed by atoms with van der Waals surface area (Å²) in [7, 11) is 1.58. The minimum absolute atomic E-state index is 0.130. The second-order valence-corrected chi connectivity index (χ2v) is 5.15. The summed E-state index contributed by atoms with van der Waals surface area (Å²) in [4.78, 5) is 12.0. The van der Waals surface area contributed by atoms with Gasteiger partial charge in [0.1, 0.15) is 17.4 Å². The number of carbonyl (C=O) groups is 1. The molecule has 0 aliphatic heterocycles. The summed E-state index contributed by atoms with van der Waals surface area (Å²) in [6, 6.07) is 13.1. The lowest BCUT2D eigenvalue weighted by Crippen LogP contribution is -2.09. The first-order valence-corrected chi connectivity index (χ1v) is 7.47. The van der Waals surface area contributed by atoms with Gasteiger partial charge in [-0.25, -0.2) is 4.79 Å². The lowest BCUT2D eigenvalue weighted by Gasteiger charge is -2.05. The molecular weight excluding hydrogens is 322 g/mol. The molecule has 0 radical (unpaired) electrons. The molecule has 0 unspecified atom stereocenters. The van der Waals surface area contributed by atoms with Crippen molar-refractivity contribution >= 4 is 12.0 Å². The minimum Gasteiger partial charge on any atom is -0.504 e. The standard InChI is InChI=1S/C19H17NO5/c1-24-16-5-2-13(3-6-16)8-9-25-19(23)15(12-20)10-14-4-7-17(21)18(22)11-14/h2-7,10-11,21-22H,8-9H2,1H3. The molecule has 0 aliphatic carbocycles. The Labute approximate surface area is 145 Å². The van der Waals surface area contributed by atoms with E-state index < -0.39 is 5.97 Å². The summed E-state index contributed by atoms with van der Waals surface area (Å²) in [6.07, 6.45) is 1.79. The van der Waals surface area contributed by atoms with Gasteiger partial charge in [-0.3, -0.25) is 0 Å². The first kappa shape index (κ1) is 17.9. The summed E-state index contributed by atoms with van der Waals surface area (Å²) in [6.45, 7) is 0.130. The molecule has 0 saturated carbocycles. The zero-order chi connectivity index (χ0) is 18.2. The lowest BCUT2D eigenvalue weighted by molar-refractivity contribution is -0.138. The van der Waals surface area contributed by atoms with Gasteiger partial charge in [0.05, 0.1) is 13.7 Å². The van der Waals surface area contributed by atoms with Gasteiger partial charge in [0.25, 0.3) is 0 Å². The summed E-state index contributed by atoms with van der Waals surface area (Å²) in [5.41, 5.74) is 1.18. The number of phenols is 2. The van der Waals surface area contributed by atoms with Crippen molar-refractivity contribution < 1.29 is 24.5 Å². The van der Waals surface area contributed by atoms with Crippen LogP contribution < -0.4 is 4.74 Å². The van der Waals surface area contributed by atoms with Crippen LogP contribution in [0.1, 0.15) is 11.1 Å². The summed E-state index contributed by atoms with van der Waals surface area (Å²) in [5, 5.41) is 27.8. The van der Waals surface area contributed by atoms with Crippen molar-refractivity contribution in [1.82, 2.24) is 0 Å². The molecule has 0 saturated heterocycles. The van der Waals surface area contributed by atoms with Gasteiger partial charge in [-0.2, -0.15) is 5.26 Å². The highest BCUT2D eigenvalue weighted by Gasteiger charge is 2.11. The molecule has 0 amide bonds. The van der Waals surface area contributed by atoms with E-state index in [1.165, 1.54) is 24.3 Å². The average Bonchev–Trinajstić information content (AvgIpc) is 2.63. The number of esters is 1. The molecule has 2 aromatic carbocycles. The minimum atomic E-state index is -0.747. The zero-order valence-corrected chi connectivity index (χ0v) is 13.6. The van der Waals surface area contributed by atoms with Crippen LogP contribution in [0.2, 0.25) is 0 Å². The van der Waals surface area contributed by atoms with Gasteiger partial charge in [0.15, 0.2) is 11.5 Å². The molecule has 0 fully saturated rings. The molecule has 0 aromatic heterocycles. The third-order valence-corrected chi connectivity index (χ3v) is 3.43. The van der Waals surface area contributed by atoms with E-state index in [1.807, 2.05) is 24.3 Å². The van der Waals surface area contributed by atoms with Gasteiger partial charge in [0, 0.05) is 6.42 Å². The van der Waals surface area contributed by atoms with Crippen molar-refractivity contribution in [2.45, 2.75) is 6.42 Å². The molecule has 2 N–H and O–H groups in total. The number of hydrogen-bond acceptors (Lipinski definition) is 6. The molecule has 0 heterocycles. The first-order chi connectivity index (χ1) is 12.0. The lowest BCUT2D eigenvalue weighted by atomic mass is 10.1.